The molecule has 0 aromatic heterocycles. The van der Waals surface area contributed by atoms with E-state index in [0.29, 0.717) is 17.8 Å². The first-order chi connectivity index (χ1) is 15.6. The van der Waals surface area contributed by atoms with E-state index in [1.54, 1.807) is 13.8 Å². The Morgan fingerprint density at radius 1 is 1.09 bits per heavy atom. The summed E-state index contributed by atoms with van der Waals surface area (Å²) in [4.78, 5) is 26.8. The van der Waals surface area contributed by atoms with Crippen LogP contribution >= 0.6 is 0 Å². The Morgan fingerprint density at radius 3 is 2.21 bits per heavy atom. The largest absolute Gasteiger partial charge is 0.490 e. The molecular formula is C23H20F6N2O3. The second kappa shape index (κ2) is 8.69. The fraction of sp³-hybridized carbons (Fsp3) is 0.304. The van der Waals surface area contributed by atoms with Gasteiger partial charge in [0.15, 0.2) is 0 Å². The Labute approximate surface area is 191 Å². The summed E-state index contributed by atoms with van der Waals surface area (Å²) in [6.07, 6.45) is -8.64. The first-order valence-electron chi connectivity index (χ1n) is 9.94. The molecule has 11 heteroatoms. The van der Waals surface area contributed by atoms with E-state index in [-0.39, 0.29) is 36.6 Å². The average molecular weight is 486 g/mol. The molecule has 2 aromatic carbocycles. The van der Waals surface area contributed by atoms with Crippen molar-refractivity contribution in [3.8, 4) is 5.75 Å². The van der Waals surface area contributed by atoms with Gasteiger partial charge in [-0.3, -0.25) is 9.59 Å². The molecule has 2 amide bonds. The fourth-order valence-corrected chi connectivity index (χ4v) is 3.32. The van der Waals surface area contributed by atoms with Crippen LogP contribution in [0.1, 0.15) is 35.3 Å². The minimum atomic E-state index is -5.08. The Kier molecular flexibility index (Phi) is 6.43. The third-order valence-electron chi connectivity index (χ3n) is 5.08. The van der Waals surface area contributed by atoms with E-state index in [1.165, 1.54) is 29.2 Å². The van der Waals surface area contributed by atoms with Gasteiger partial charge in [-0.05, 0) is 44.2 Å². The van der Waals surface area contributed by atoms with Crippen molar-refractivity contribution in [2.75, 3.05) is 23.4 Å². The van der Waals surface area contributed by atoms with Gasteiger partial charge in [-0.15, -0.1) is 6.58 Å². The highest BCUT2D eigenvalue weighted by Crippen LogP contribution is 2.39. The summed E-state index contributed by atoms with van der Waals surface area (Å²) in [5.74, 6) is -1.20. The SMILES string of the molecule is C=CCN1C(=O)C(C)(C)COc2cc(NC(=O)c3cc(C(F)(F)F)cc(C(F)(F)F)c3)ccc21. The standard InChI is InChI=1S/C23H20F6N2O3/c1-4-7-31-17-6-5-16(11-18(17)34-12-21(2,3)20(31)33)30-19(32)13-8-14(22(24,25)26)10-15(9-13)23(27,28)29/h4-6,8-11H,1,7,12H2,2-3H3,(H,30,32). The number of alkyl halides is 6. The van der Waals surface area contributed by atoms with Crippen molar-refractivity contribution in [2.45, 2.75) is 26.2 Å². The zero-order valence-electron chi connectivity index (χ0n) is 18.1. The van der Waals surface area contributed by atoms with E-state index >= 15 is 0 Å². The van der Waals surface area contributed by atoms with Crippen LogP contribution in [-0.4, -0.2) is 25.0 Å². The molecule has 182 valence electrons. The van der Waals surface area contributed by atoms with Gasteiger partial charge in [-0.1, -0.05) is 6.08 Å². The van der Waals surface area contributed by atoms with Gasteiger partial charge in [0, 0.05) is 23.9 Å². The molecule has 1 N–H and O–H groups in total. The van der Waals surface area contributed by atoms with Crippen LogP contribution in [0.25, 0.3) is 0 Å². The van der Waals surface area contributed by atoms with E-state index < -0.39 is 40.4 Å². The Morgan fingerprint density at radius 2 is 1.68 bits per heavy atom. The van der Waals surface area contributed by atoms with Gasteiger partial charge in [0.2, 0.25) is 5.91 Å². The van der Waals surface area contributed by atoms with E-state index in [4.69, 9.17) is 4.74 Å². The maximum Gasteiger partial charge on any atom is 0.416 e. The molecule has 0 saturated carbocycles. The maximum atomic E-state index is 13.1. The molecule has 0 spiro atoms. The summed E-state index contributed by atoms with van der Waals surface area (Å²) in [7, 11) is 0. The monoisotopic (exact) mass is 486 g/mol. The lowest BCUT2D eigenvalue weighted by molar-refractivity contribution is -0.143. The van der Waals surface area contributed by atoms with Gasteiger partial charge in [0.1, 0.15) is 12.4 Å². The van der Waals surface area contributed by atoms with Crippen LogP contribution in [0.2, 0.25) is 0 Å². The van der Waals surface area contributed by atoms with Crippen molar-refractivity contribution in [2.24, 2.45) is 5.41 Å². The van der Waals surface area contributed by atoms with Crippen molar-refractivity contribution in [3.05, 3.63) is 65.7 Å². The Bertz CT molecular complexity index is 1110. The normalized spacial score (nSPS) is 15.8. The number of nitrogens with zero attached hydrogens (tertiary/aromatic N) is 1. The lowest BCUT2D eigenvalue weighted by Crippen LogP contribution is -2.42. The molecule has 3 rings (SSSR count). The second-order valence-electron chi connectivity index (χ2n) is 8.31. The summed E-state index contributed by atoms with van der Waals surface area (Å²) < 4.78 is 84.3. The van der Waals surface area contributed by atoms with Crippen molar-refractivity contribution < 1.29 is 40.7 Å². The van der Waals surface area contributed by atoms with Gasteiger partial charge >= 0.3 is 12.4 Å². The summed E-state index contributed by atoms with van der Waals surface area (Å²) in [5.41, 5.74) is -4.45. The molecule has 0 fully saturated rings. The topological polar surface area (TPSA) is 58.6 Å². The molecule has 0 aliphatic carbocycles. The summed E-state index contributed by atoms with van der Waals surface area (Å²) in [5, 5.41) is 2.29. The number of nitrogens with one attached hydrogen (secondary N) is 1. The molecule has 0 saturated heterocycles. The minimum Gasteiger partial charge on any atom is -0.490 e. The molecule has 0 radical (unpaired) electrons. The van der Waals surface area contributed by atoms with E-state index in [9.17, 15) is 35.9 Å². The van der Waals surface area contributed by atoms with Gasteiger partial charge in [0.05, 0.1) is 22.2 Å². The zero-order valence-corrected chi connectivity index (χ0v) is 18.1. The van der Waals surface area contributed by atoms with Gasteiger partial charge in [-0.25, -0.2) is 0 Å². The fourth-order valence-electron chi connectivity index (χ4n) is 3.32. The smallest absolute Gasteiger partial charge is 0.416 e. The lowest BCUT2D eigenvalue weighted by Gasteiger charge is -2.27. The van der Waals surface area contributed by atoms with Crippen LogP contribution < -0.4 is 15.0 Å². The number of fused-ring (bicyclic) bond motifs is 1. The molecule has 1 aliphatic heterocycles. The van der Waals surface area contributed by atoms with Crippen LogP contribution in [0.4, 0.5) is 37.7 Å². The van der Waals surface area contributed by atoms with E-state index in [0.717, 1.165) is 0 Å². The van der Waals surface area contributed by atoms with Crippen LogP contribution in [-0.2, 0) is 17.1 Å². The highest BCUT2D eigenvalue weighted by Gasteiger charge is 2.39. The molecule has 5 nitrogen and oxygen atoms in total. The number of carbonyl (C=O) groups excluding carboxylic acids is 2. The molecule has 2 aromatic rings. The zero-order chi connectivity index (χ0) is 25.5. The number of hydrogen-bond donors (Lipinski definition) is 1. The number of benzene rings is 2. The highest BCUT2D eigenvalue weighted by atomic mass is 19.4. The first-order valence-corrected chi connectivity index (χ1v) is 9.94. The molecular weight excluding hydrogens is 466 g/mol. The molecule has 0 unspecified atom stereocenters. The van der Waals surface area contributed by atoms with Crippen LogP contribution in [0.3, 0.4) is 0 Å². The first kappa shape index (κ1) is 25.1. The Balaban J connectivity index is 1.96. The van der Waals surface area contributed by atoms with Gasteiger partial charge < -0.3 is 15.0 Å². The van der Waals surface area contributed by atoms with Crippen molar-refractivity contribution in [1.29, 1.82) is 0 Å². The van der Waals surface area contributed by atoms with Crippen molar-refractivity contribution in [1.82, 2.24) is 0 Å². The lowest BCUT2D eigenvalue weighted by atomic mass is 9.93. The molecule has 0 bridgehead atoms. The summed E-state index contributed by atoms with van der Waals surface area (Å²) >= 11 is 0. The number of anilines is 2. The number of ether oxygens (including phenoxy) is 1. The summed E-state index contributed by atoms with van der Waals surface area (Å²) in [6.45, 7) is 7.18. The van der Waals surface area contributed by atoms with Crippen molar-refractivity contribution in [3.63, 3.8) is 0 Å². The van der Waals surface area contributed by atoms with Crippen LogP contribution in [0, 0.1) is 5.41 Å². The minimum absolute atomic E-state index is 0.00640. The van der Waals surface area contributed by atoms with Gasteiger partial charge in [0.25, 0.3) is 5.91 Å². The predicted molar refractivity (Wildman–Crippen MR) is 113 cm³/mol. The summed E-state index contributed by atoms with van der Waals surface area (Å²) in [6, 6.07) is 4.80. The van der Waals surface area contributed by atoms with E-state index in [2.05, 4.69) is 11.9 Å². The quantitative estimate of drug-likeness (QED) is 0.432. The predicted octanol–water partition coefficient (Wildman–Crippen LogP) is 5.91. The van der Waals surface area contributed by atoms with E-state index in [1.807, 2.05) is 0 Å². The van der Waals surface area contributed by atoms with Crippen LogP contribution in [0.5, 0.6) is 5.75 Å². The number of hydrogen-bond acceptors (Lipinski definition) is 3. The molecule has 1 heterocycles. The Hall–Kier alpha value is -3.50. The number of halogens is 6. The maximum absolute atomic E-state index is 13.1. The number of carbonyl (C=O) groups is 2. The third kappa shape index (κ3) is 5.18. The highest BCUT2D eigenvalue weighted by molar-refractivity contribution is 6.05. The van der Waals surface area contributed by atoms with Gasteiger partial charge in [-0.2, -0.15) is 26.3 Å². The molecule has 34 heavy (non-hydrogen) atoms. The second-order valence-corrected chi connectivity index (χ2v) is 8.31. The van der Waals surface area contributed by atoms with Crippen LogP contribution in [0.15, 0.2) is 49.1 Å². The number of amides is 2. The molecule has 1 aliphatic rings. The average Bonchev–Trinajstić information content (AvgIpc) is 2.82. The van der Waals surface area contributed by atoms with Crippen molar-refractivity contribution >= 4 is 23.2 Å². The third-order valence-corrected chi connectivity index (χ3v) is 5.08. The molecule has 0 atom stereocenters. The number of rotatable bonds is 4.